The molecule has 204 valence electrons. The lowest BCUT2D eigenvalue weighted by atomic mass is 10.1. The SMILES string of the molecule is CC(=O)Oc1cccc(OC(C)=O)c1Cn1nc(-c2c(OC(C)=O)cccc2OC(C)=O)cc1-c1ccccc1. The van der Waals surface area contributed by atoms with Crippen LogP contribution in [-0.4, -0.2) is 33.7 Å². The Balaban J connectivity index is 1.94. The van der Waals surface area contributed by atoms with Crippen LogP contribution in [-0.2, 0) is 25.7 Å². The van der Waals surface area contributed by atoms with Gasteiger partial charge in [0.1, 0.15) is 28.7 Å². The van der Waals surface area contributed by atoms with Crippen LogP contribution in [0.5, 0.6) is 23.0 Å². The van der Waals surface area contributed by atoms with Crippen molar-refractivity contribution in [3.63, 3.8) is 0 Å². The first-order valence-corrected chi connectivity index (χ1v) is 12.2. The molecule has 0 atom stereocenters. The van der Waals surface area contributed by atoms with Crippen LogP contribution in [0.4, 0.5) is 0 Å². The molecule has 0 unspecified atom stereocenters. The van der Waals surface area contributed by atoms with Crippen molar-refractivity contribution in [3.8, 4) is 45.5 Å². The van der Waals surface area contributed by atoms with Crippen LogP contribution in [0.3, 0.4) is 0 Å². The molecule has 0 bridgehead atoms. The van der Waals surface area contributed by atoms with Gasteiger partial charge in [0.05, 0.1) is 23.4 Å². The van der Waals surface area contributed by atoms with Gasteiger partial charge in [0.25, 0.3) is 0 Å². The van der Waals surface area contributed by atoms with Gasteiger partial charge in [0.15, 0.2) is 0 Å². The highest BCUT2D eigenvalue weighted by atomic mass is 16.6. The number of aromatic nitrogens is 2. The molecule has 0 amide bonds. The van der Waals surface area contributed by atoms with Crippen LogP contribution in [0.25, 0.3) is 22.5 Å². The van der Waals surface area contributed by atoms with E-state index in [0.717, 1.165) is 5.56 Å². The lowest BCUT2D eigenvalue weighted by Gasteiger charge is -2.15. The fourth-order valence-electron chi connectivity index (χ4n) is 4.10. The Labute approximate surface area is 230 Å². The monoisotopic (exact) mass is 542 g/mol. The number of hydrogen-bond acceptors (Lipinski definition) is 9. The van der Waals surface area contributed by atoms with Crippen molar-refractivity contribution >= 4 is 23.9 Å². The highest BCUT2D eigenvalue weighted by Gasteiger charge is 2.23. The van der Waals surface area contributed by atoms with Crippen molar-refractivity contribution in [1.29, 1.82) is 0 Å². The highest BCUT2D eigenvalue weighted by molar-refractivity contribution is 5.83. The molecule has 0 radical (unpaired) electrons. The Morgan fingerprint density at radius 1 is 0.625 bits per heavy atom. The molecule has 0 fully saturated rings. The van der Waals surface area contributed by atoms with E-state index in [2.05, 4.69) is 0 Å². The molecule has 0 N–H and O–H groups in total. The average Bonchev–Trinajstić information content (AvgIpc) is 3.28. The zero-order valence-corrected chi connectivity index (χ0v) is 22.3. The van der Waals surface area contributed by atoms with Gasteiger partial charge < -0.3 is 18.9 Å². The third kappa shape index (κ3) is 6.60. The minimum absolute atomic E-state index is 0.0227. The van der Waals surface area contributed by atoms with Gasteiger partial charge in [0, 0.05) is 27.7 Å². The Bertz CT molecular complexity index is 1520. The molecule has 0 aliphatic heterocycles. The van der Waals surface area contributed by atoms with Crippen molar-refractivity contribution in [3.05, 3.63) is 78.4 Å². The zero-order chi connectivity index (χ0) is 28.8. The summed E-state index contributed by atoms with van der Waals surface area (Å²) < 4.78 is 23.3. The number of carbonyl (C=O) groups excluding carboxylic acids is 4. The predicted molar refractivity (Wildman–Crippen MR) is 144 cm³/mol. The lowest BCUT2D eigenvalue weighted by molar-refractivity contribution is -0.133. The molecule has 1 aromatic heterocycles. The third-order valence-electron chi connectivity index (χ3n) is 5.51. The van der Waals surface area contributed by atoms with E-state index in [1.807, 2.05) is 30.3 Å². The topological polar surface area (TPSA) is 123 Å². The molecular weight excluding hydrogens is 516 g/mol. The molecule has 40 heavy (non-hydrogen) atoms. The quantitative estimate of drug-likeness (QED) is 0.224. The van der Waals surface area contributed by atoms with Gasteiger partial charge >= 0.3 is 23.9 Å². The molecule has 4 rings (SSSR count). The maximum absolute atomic E-state index is 11.9. The number of esters is 4. The van der Waals surface area contributed by atoms with Gasteiger partial charge in [0.2, 0.25) is 0 Å². The van der Waals surface area contributed by atoms with Crippen molar-refractivity contribution in [1.82, 2.24) is 9.78 Å². The summed E-state index contributed by atoms with van der Waals surface area (Å²) in [6.07, 6.45) is 0. The first-order valence-electron chi connectivity index (χ1n) is 12.2. The largest absolute Gasteiger partial charge is 0.426 e. The summed E-state index contributed by atoms with van der Waals surface area (Å²) in [6.45, 7) is 5.09. The van der Waals surface area contributed by atoms with Gasteiger partial charge in [-0.15, -0.1) is 0 Å². The molecule has 0 spiro atoms. The Kier molecular flexibility index (Phi) is 8.39. The maximum atomic E-state index is 11.9. The van der Waals surface area contributed by atoms with Crippen molar-refractivity contribution in [2.24, 2.45) is 0 Å². The summed E-state index contributed by atoms with van der Waals surface area (Å²) in [5.74, 6) is -1.53. The van der Waals surface area contributed by atoms with Crippen LogP contribution >= 0.6 is 0 Å². The van der Waals surface area contributed by atoms with Crippen LogP contribution in [0.2, 0.25) is 0 Å². The molecule has 0 saturated carbocycles. The van der Waals surface area contributed by atoms with E-state index in [1.54, 1.807) is 47.1 Å². The lowest BCUT2D eigenvalue weighted by Crippen LogP contribution is -2.12. The fourth-order valence-corrected chi connectivity index (χ4v) is 4.10. The van der Waals surface area contributed by atoms with E-state index in [9.17, 15) is 19.2 Å². The molecule has 1 heterocycles. The van der Waals surface area contributed by atoms with Crippen molar-refractivity contribution < 1.29 is 38.1 Å². The number of benzene rings is 3. The first-order chi connectivity index (χ1) is 19.1. The molecule has 4 aromatic rings. The minimum Gasteiger partial charge on any atom is -0.426 e. The van der Waals surface area contributed by atoms with E-state index in [0.29, 0.717) is 17.0 Å². The Morgan fingerprint density at radius 3 is 1.55 bits per heavy atom. The maximum Gasteiger partial charge on any atom is 0.308 e. The van der Waals surface area contributed by atoms with Gasteiger partial charge in [-0.1, -0.05) is 42.5 Å². The van der Waals surface area contributed by atoms with Crippen LogP contribution in [0, 0.1) is 0 Å². The van der Waals surface area contributed by atoms with E-state index in [1.165, 1.54) is 27.7 Å². The van der Waals surface area contributed by atoms with Gasteiger partial charge in [-0.05, 0) is 35.9 Å². The normalized spacial score (nSPS) is 10.5. The number of nitrogens with zero attached hydrogens (tertiary/aromatic N) is 2. The van der Waals surface area contributed by atoms with E-state index in [-0.39, 0.29) is 35.1 Å². The second kappa shape index (κ2) is 12.1. The summed E-state index contributed by atoms with van der Waals surface area (Å²) in [5, 5.41) is 4.78. The summed E-state index contributed by atoms with van der Waals surface area (Å²) in [4.78, 5) is 47.4. The average molecular weight is 543 g/mol. The summed E-state index contributed by atoms with van der Waals surface area (Å²) in [6, 6.07) is 20.6. The van der Waals surface area contributed by atoms with Gasteiger partial charge in [-0.2, -0.15) is 5.10 Å². The number of ether oxygens (including phenoxy) is 4. The number of carbonyl (C=O) groups is 4. The molecule has 0 aliphatic carbocycles. The first kappa shape index (κ1) is 27.8. The van der Waals surface area contributed by atoms with Gasteiger partial charge in [-0.3, -0.25) is 23.9 Å². The Morgan fingerprint density at radius 2 is 1.07 bits per heavy atom. The number of rotatable bonds is 8. The summed E-state index contributed by atoms with van der Waals surface area (Å²) >= 11 is 0. The molecule has 0 saturated heterocycles. The molecule has 0 aliphatic rings. The molecule has 10 nitrogen and oxygen atoms in total. The highest BCUT2D eigenvalue weighted by Crippen LogP contribution is 2.40. The molecule has 3 aromatic carbocycles. The standard InChI is InChI=1S/C30H26N2O8/c1-18(33)37-26-12-8-13-27(38-19(2)34)23(26)17-32-25(22-10-6-5-7-11-22)16-24(31-32)30-28(39-20(3)35)14-9-15-29(30)40-21(4)36/h5-16H,17H2,1-4H3. The van der Waals surface area contributed by atoms with Crippen LogP contribution < -0.4 is 18.9 Å². The van der Waals surface area contributed by atoms with Crippen molar-refractivity contribution in [2.75, 3.05) is 0 Å². The van der Waals surface area contributed by atoms with Crippen LogP contribution in [0.15, 0.2) is 72.8 Å². The molecular formula is C30H26N2O8. The molecule has 10 heteroatoms. The summed E-state index contributed by atoms with van der Waals surface area (Å²) in [5.41, 5.74) is 2.45. The zero-order valence-electron chi connectivity index (χ0n) is 22.3. The second-order valence-electron chi connectivity index (χ2n) is 8.68. The van der Waals surface area contributed by atoms with Gasteiger partial charge in [-0.25, -0.2) is 0 Å². The fraction of sp³-hybridized carbons (Fsp3) is 0.167. The smallest absolute Gasteiger partial charge is 0.308 e. The Hall–Kier alpha value is -5.25. The van der Waals surface area contributed by atoms with Crippen molar-refractivity contribution in [2.45, 2.75) is 34.2 Å². The van der Waals surface area contributed by atoms with E-state index in [4.69, 9.17) is 24.0 Å². The predicted octanol–water partition coefficient (Wildman–Crippen LogP) is 4.97. The summed E-state index contributed by atoms with van der Waals surface area (Å²) in [7, 11) is 0. The van der Waals surface area contributed by atoms with E-state index >= 15 is 0 Å². The number of hydrogen-bond donors (Lipinski definition) is 0. The third-order valence-corrected chi connectivity index (χ3v) is 5.51. The van der Waals surface area contributed by atoms with Crippen LogP contribution in [0.1, 0.15) is 33.3 Å². The second-order valence-corrected chi connectivity index (χ2v) is 8.68. The minimum atomic E-state index is -0.565. The van der Waals surface area contributed by atoms with E-state index < -0.39 is 23.9 Å².